The van der Waals surface area contributed by atoms with Crippen molar-refractivity contribution in [2.24, 2.45) is 0 Å². The van der Waals surface area contributed by atoms with Gasteiger partial charge in [0.1, 0.15) is 6.04 Å². The van der Waals surface area contributed by atoms with Gasteiger partial charge in [-0.25, -0.2) is 9.97 Å². The topological polar surface area (TPSA) is 91.6 Å². The largest absolute Gasteiger partial charge is 0.407 e. The van der Waals surface area contributed by atoms with Gasteiger partial charge in [0, 0.05) is 40.4 Å². The van der Waals surface area contributed by atoms with Crippen LogP contribution >= 0.6 is 11.6 Å². The molecule has 1 aliphatic rings. The van der Waals surface area contributed by atoms with Gasteiger partial charge in [-0.15, -0.1) is 0 Å². The number of H-pyrrole nitrogens is 1. The van der Waals surface area contributed by atoms with Gasteiger partial charge in [0.05, 0.1) is 16.9 Å². The first kappa shape index (κ1) is 24.4. The van der Waals surface area contributed by atoms with Crippen LogP contribution in [-0.2, 0) is 0 Å². The van der Waals surface area contributed by atoms with E-state index in [9.17, 15) is 13.2 Å². The van der Waals surface area contributed by atoms with Gasteiger partial charge in [0.15, 0.2) is 0 Å². The second-order valence-electron chi connectivity index (χ2n) is 9.15. The van der Waals surface area contributed by atoms with E-state index in [0.29, 0.717) is 35.2 Å². The first-order valence-electron chi connectivity index (χ1n) is 11.8. The van der Waals surface area contributed by atoms with E-state index < -0.39 is 12.2 Å². The molecule has 1 aliphatic carbocycles. The molecule has 188 valence electrons. The lowest BCUT2D eigenvalue weighted by molar-refractivity contribution is -0.160. The molecule has 2 aromatic carbocycles. The molecule has 2 heterocycles. The van der Waals surface area contributed by atoms with E-state index in [0.717, 1.165) is 29.3 Å². The van der Waals surface area contributed by atoms with Crippen molar-refractivity contribution >= 4 is 34.1 Å². The molecular weight excluding hydrogens is 489 g/mol. The molecule has 0 amide bonds. The zero-order valence-electron chi connectivity index (χ0n) is 19.3. The molecule has 5 rings (SSSR count). The third kappa shape index (κ3) is 5.27. The summed E-state index contributed by atoms with van der Waals surface area (Å²) in [6.45, 7) is 0. The minimum absolute atomic E-state index is 0.0754. The number of para-hydroxylation sites is 1. The van der Waals surface area contributed by atoms with E-state index >= 15 is 0 Å². The van der Waals surface area contributed by atoms with E-state index in [-0.39, 0.29) is 17.6 Å². The average Bonchev–Trinajstić information content (AvgIpc) is 3.28. The average molecular weight is 515 g/mol. The second kappa shape index (κ2) is 9.99. The number of hydrogen-bond donors (Lipinski definition) is 4. The number of aromatic nitrogens is 3. The van der Waals surface area contributed by atoms with E-state index in [1.807, 2.05) is 30.5 Å². The summed E-state index contributed by atoms with van der Waals surface area (Å²) >= 11 is 6.43. The maximum Gasteiger partial charge on any atom is 0.407 e. The van der Waals surface area contributed by atoms with Gasteiger partial charge in [-0.1, -0.05) is 41.9 Å². The predicted octanol–water partition coefficient (Wildman–Crippen LogP) is 6.48. The molecule has 2 aromatic heterocycles. The first-order chi connectivity index (χ1) is 17.3. The second-order valence-corrected chi connectivity index (χ2v) is 9.56. The van der Waals surface area contributed by atoms with Gasteiger partial charge in [0.25, 0.3) is 0 Å². The molecule has 0 saturated heterocycles. The number of benzene rings is 2. The van der Waals surface area contributed by atoms with Crippen molar-refractivity contribution in [1.82, 2.24) is 20.3 Å². The van der Waals surface area contributed by atoms with Crippen molar-refractivity contribution in [2.45, 2.75) is 50.0 Å². The zero-order valence-corrected chi connectivity index (χ0v) is 20.1. The maximum absolute atomic E-state index is 13.9. The monoisotopic (exact) mass is 514 g/mol. The molecule has 6 nitrogen and oxygen atoms in total. The Kier molecular flexibility index (Phi) is 6.77. The molecule has 36 heavy (non-hydrogen) atoms. The minimum atomic E-state index is -4.43. The molecule has 1 saturated carbocycles. The Bertz CT molecular complexity index is 1340. The third-order valence-electron chi connectivity index (χ3n) is 6.60. The van der Waals surface area contributed by atoms with Crippen LogP contribution in [0.1, 0.15) is 37.3 Å². The summed E-state index contributed by atoms with van der Waals surface area (Å²) < 4.78 is 41.7. The van der Waals surface area contributed by atoms with Gasteiger partial charge in [-0.2, -0.15) is 13.2 Å². The summed E-state index contributed by atoms with van der Waals surface area (Å²) in [5.74, 6) is 0.399. The van der Waals surface area contributed by atoms with E-state index in [1.54, 1.807) is 6.20 Å². The van der Waals surface area contributed by atoms with Gasteiger partial charge in [-0.3, -0.25) is 5.32 Å². The summed E-state index contributed by atoms with van der Waals surface area (Å²) in [5.41, 5.74) is 8.66. The number of anilines is 2. The summed E-state index contributed by atoms with van der Waals surface area (Å²) in [6.07, 6.45) is 1.74. The number of fused-ring (bicyclic) bond motifs is 1. The van der Waals surface area contributed by atoms with Crippen LogP contribution in [0.25, 0.3) is 22.2 Å². The van der Waals surface area contributed by atoms with E-state index in [1.165, 1.54) is 24.3 Å². The number of rotatable bonds is 6. The van der Waals surface area contributed by atoms with Crippen molar-refractivity contribution in [3.63, 3.8) is 0 Å². The lowest BCUT2D eigenvalue weighted by atomic mass is 9.90. The molecule has 0 aliphatic heterocycles. The highest BCUT2D eigenvalue weighted by Gasteiger charge is 2.42. The Labute approximate surface area is 211 Å². The molecule has 0 bridgehead atoms. The van der Waals surface area contributed by atoms with Gasteiger partial charge in [0.2, 0.25) is 5.95 Å². The van der Waals surface area contributed by atoms with Crippen molar-refractivity contribution in [2.75, 3.05) is 11.1 Å². The Morgan fingerprint density at radius 3 is 2.58 bits per heavy atom. The third-order valence-corrected chi connectivity index (χ3v) is 6.87. The van der Waals surface area contributed by atoms with Gasteiger partial charge in [-0.05, 0) is 49.4 Å². The normalized spacial score (nSPS) is 19.3. The molecule has 0 radical (unpaired) electrons. The van der Waals surface area contributed by atoms with Crippen molar-refractivity contribution in [3.8, 4) is 11.3 Å². The maximum atomic E-state index is 13.9. The highest BCUT2D eigenvalue weighted by Crippen LogP contribution is 2.36. The van der Waals surface area contributed by atoms with Crippen LogP contribution in [-0.4, -0.2) is 33.2 Å². The molecule has 0 spiro atoms. The Morgan fingerprint density at radius 2 is 1.81 bits per heavy atom. The summed E-state index contributed by atoms with van der Waals surface area (Å²) in [5, 5.41) is 7.57. The van der Waals surface area contributed by atoms with Crippen LogP contribution in [0, 0.1) is 0 Å². The predicted molar refractivity (Wildman–Crippen MR) is 137 cm³/mol. The standard InChI is InChI=1S/C26H26ClF3N6/c27-21-14-33-25(36-23(21)20-13-32-22-7-2-1-6-19(20)22)35-18-5-3-4-17(12-18)34-24(26(28,29)30)15-8-10-16(31)11-9-15/h1-2,6-11,13-14,17-18,24,32,34H,3-5,12,31H2,(H,33,35,36)/t17-,18+,24?/m0/s1. The summed E-state index contributed by atoms with van der Waals surface area (Å²) in [6, 6.07) is 11.5. The van der Waals surface area contributed by atoms with Gasteiger partial charge < -0.3 is 16.0 Å². The highest BCUT2D eigenvalue weighted by molar-refractivity contribution is 6.33. The SMILES string of the molecule is Nc1ccc(C(N[C@H]2CCC[C@@H](Nc3ncc(Cl)c(-c4c[nH]c5ccccc45)n3)C2)C(F)(F)F)cc1. The van der Waals surface area contributed by atoms with Crippen LogP contribution < -0.4 is 16.4 Å². The fourth-order valence-electron chi connectivity index (χ4n) is 4.85. The summed E-state index contributed by atoms with van der Waals surface area (Å²) in [7, 11) is 0. The van der Waals surface area contributed by atoms with Crippen molar-refractivity contribution in [3.05, 3.63) is 71.5 Å². The number of aromatic amines is 1. The van der Waals surface area contributed by atoms with Crippen LogP contribution in [0.4, 0.5) is 24.8 Å². The molecule has 4 aromatic rings. The molecule has 1 unspecified atom stereocenters. The quantitative estimate of drug-likeness (QED) is 0.221. The van der Waals surface area contributed by atoms with Crippen molar-refractivity contribution < 1.29 is 13.2 Å². The van der Waals surface area contributed by atoms with Crippen LogP contribution in [0.5, 0.6) is 0 Å². The molecule has 3 atom stereocenters. The molecule has 1 fully saturated rings. The number of halogens is 4. The minimum Gasteiger partial charge on any atom is -0.399 e. The van der Waals surface area contributed by atoms with E-state index in [2.05, 4.69) is 25.6 Å². The van der Waals surface area contributed by atoms with E-state index in [4.69, 9.17) is 17.3 Å². The number of nitrogens with two attached hydrogens (primary N) is 1. The lowest BCUT2D eigenvalue weighted by Crippen LogP contribution is -2.45. The number of nitrogens with zero attached hydrogens (tertiary/aromatic N) is 2. The zero-order chi connectivity index (χ0) is 25.3. The van der Waals surface area contributed by atoms with Crippen LogP contribution in [0.15, 0.2) is 60.9 Å². The van der Waals surface area contributed by atoms with Crippen LogP contribution in [0.2, 0.25) is 5.02 Å². The molecule has 5 N–H and O–H groups in total. The summed E-state index contributed by atoms with van der Waals surface area (Å²) in [4.78, 5) is 12.2. The number of nitrogens with one attached hydrogen (secondary N) is 3. The molecule has 10 heteroatoms. The Hall–Kier alpha value is -3.30. The van der Waals surface area contributed by atoms with Crippen LogP contribution in [0.3, 0.4) is 0 Å². The smallest absolute Gasteiger partial charge is 0.399 e. The lowest BCUT2D eigenvalue weighted by Gasteiger charge is -2.34. The fraction of sp³-hybridized carbons (Fsp3) is 0.308. The Balaban J connectivity index is 1.31. The first-order valence-corrected chi connectivity index (χ1v) is 12.2. The van der Waals surface area contributed by atoms with Crippen molar-refractivity contribution in [1.29, 1.82) is 0 Å². The molecular formula is C26H26ClF3N6. The highest BCUT2D eigenvalue weighted by atomic mass is 35.5. The fourth-order valence-corrected chi connectivity index (χ4v) is 5.04. The number of nitrogen functional groups attached to an aromatic ring is 1. The van der Waals surface area contributed by atoms with Gasteiger partial charge >= 0.3 is 6.18 Å². The number of hydrogen-bond acceptors (Lipinski definition) is 5. The Morgan fingerprint density at radius 1 is 1.06 bits per heavy atom. The number of alkyl halides is 3.